The summed E-state index contributed by atoms with van der Waals surface area (Å²) in [7, 11) is 0. The molecule has 0 aliphatic carbocycles. The number of hydrogen-bond acceptors (Lipinski definition) is 3. The Morgan fingerprint density at radius 3 is 2.60 bits per heavy atom. The van der Waals surface area contributed by atoms with E-state index in [-0.39, 0.29) is 18.0 Å². The van der Waals surface area contributed by atoms with Gasteiger partial charge in [0.25, 0.3) is 0 Å². The summed E-state index contributed by atoms with van der Waals surface area (Å²) in [6.07, 6.45) is 4.49. The van der Waals surface area contributed by atoms with Crippen molar-refractivity contribution in [3.8, 4) is 0 Å². The highest BCUT2D eigenvalue weighted by Gasteiger charge is 2.21. The average molecular weight is 230 g/mol. The summed E-state index contributed by atoms with van der Waals surface area (Å²) < 4.78 is 0. The van der Waals surface area contributed by atoms with Crippen molar-refractivity contribution in [2.24, 2.45) is 5.73 Å². The van der Waals surface area contributed by atoms with Gasteiger partial charge in [0.2, 0.25) is 5.91 Å². The predicted molar refractivity (Wildman–Crippen MR) is 68.0 cm³/mol. The number of nitrogens with zero attached hydrogens (tertiary/aromatic N) is 1. The van der Waals surface area contributed by atoms with Gasteiger partial charge in [0.05, 0.1) is 6.04 Å². The van der Waals surface area contributed by atoms with E-state index in [1.165, 1.54) is 0 Å². The van der Waals surface area contributed by atoms with Crippen LogP contribution in [0.25, 0.3) is 0 Å². The molecule has 2 N–H and O–H groups in total. The van der Waals surface area contributed by atoms with Gasteiger partial charge < -0.3 is 10.6 Å². The minimum Gasteiger partial charge on any atom is -0.335 e. The summed E-state index contributed by atoms with van der Waals surface area (Å²) in [5.41, 5.74) is 5.83. The first-order chi connectivity index (χ1) is 7.04. The molecule has 0 aromatic carbocycles. The molecule has 0 spiro atoms. The van der Waals surface area contributed by atoms with E-state index in [1.807, 2.05) is 20.1 Å². The minimum atomic E-state index is -0.375. The Labute approximate surface area is 97.1 Å². The third kappa shape index (κ3) is 5.23. The van der Waals surface area contributed by atoms with Crippen LogP contribution in [0.1, 0.15) is 20.3 Å². The molecule has 3 nitrogen and oxygen atoms in total. The summed E-state index contributed by atoms with van der Waals surface area (Å²) in [4.78, 5) is 13.7. The molecular weight excluding hydrogens is 208 g/mol. The van der Waals surface area contributed by atoms with Crippen LogP contribution in [0.2, 0.25) is 0 Å². The summed E-state index contributed by atoms with van der Waals surface area (Å²) in [6.45, 7) is 8.20. The maximum atomic E-state index is 11.9. The van der Waals surface area contributed by atoms with Gasteiger partial charge in [-0.3, -0.25) is 4.79 Å². The molecule has 0 aliphatic heterocycles. The molecule has 0 saturated heterocycles. The topological polar surface area (TPSA) is 46.3 Å². The fourth-order valence-corrected chi connectivity index (χ4v) is 1.77. The monoisotopic (exact) mass is 230 g/mol. The normalized spacial score (nSPS) is 12.6. The molecule has 15 heavy (non-hydrogen) atoms. The molecular formula is C11H22N2OS. The van der Waals surface area contributed by atoms with Crippen LogP contribution in [0.3, 0.4) is 0 Å². The van der Waals surface area contributed by atoms with E-state index in [1.54, 1.807) is 22.7 Å². The fraction of sp³-hybridized carbons (Fsp3) is 0.727. The smallest absolute Gasteiger partial charge is 0.240 e. The van der Waals surface area contributed by atoms with Gasteiger partial charge in [0, 0.05) is 12.6 Å². The highest BCUT2D eigenvalue weighted by Crippen LogP contribution is 2.06. The first kappa shape index (κ1) is 14.5. The van der Waals surface area contributed by atoms with E-state index >= 15 is 0 Å². The Balaban J connectivity index is 4.28. The number of hydrogen-bond donors (Lipinski definition) is 1. The summed E-state index contributed by atoms with van der Waals surface area (Å²) in [5.74, 6) is 0.950. The van der Waals surface area contributed by atoms with Crippen molar-refractivity contribution in [2.45, 2.75) is 32.4 Å². The van der Waals surface area contributed by atoms with E-state index in [0.29, 0.717) is 6.54 Å². The quantitative estimate of drug-likeness (QED) is 0.674. The molecule has 1 atom stereocenters. The zero-order chi connectivity index (χ0) is 11.8. The third-order valence-electron chi connectivity index (χ3n) is 2.18. The molecule has 88 valence electrons. The second-order valence-corrected chi connectivity index (χ2v) is 4.75. The molecule has 0 bridgehead atoms. The molecule has 0 aliphatic rings. The molecule has 4 heteroatoms. The molecule has 1 amide bonds. The Bertz CT molecular complexity index is 207. The number of thioether (sulfide) groups is 1. The zero-order valence-corrected chi connectivity index (χ0v) is 10.7. The van der Waals surface area contributed by atoms with Crippen LogP contribution in [0.4, 0.5) is 0 Å². The van der Waals surface area contributed by atoms with Gasteiger partial charge in [-0.25, -0.2) is 0 Å². The van der Waals surface area contributed by atoms with Crippen molar-refractivity contribution in [3.05, 3.63) is 12.7 Å². The van der Waals surface area contributed by atoms with E-state index < -0.39 is 0 Å². The second-order valence-electron chi connectivity index (χ2n) is 3.76. The van der Waals surface area contributed by atoms with Gasteiger partial charge in [-0.15, -0.1) is 6.58 Å². The molecule has 0 rings (SSSR count). The van der Waals surface area contributed by atoms with Crippen LogP contribution in [0.15, 0.2) is 12.7 Å². The van der Waals surface area contributed by atoms with E-state index in [4.69, 9.17) is 5.73 Å². The lowest BCUT2D eigenvalue weighted by atomic mass is 10.2. The van der Waals surface area contributed by atoms with Gasteiger partial charge in [0.1, 0.15) is 0 Å². The number of nitrogens with two attached hydrogens (primary N) is 1. The summed E-state index contributed by atoms with van der Waals surface area (Å²) >= 11 is 1.71. The summed E-state index contributed by atoms with van der Waals surface area (Å²) in [5, 5.41) is 0. The van der Waals surface area contributed by atoms with Crippen molar-refractivity contribution in [1.82, 2.24) is 4.90 Å². The second kappa shape index (κ2) is 7.77. The van der Waals surface area contributed by atoms with Crippen molar-refractivity contribution in [1.29, 1.82) is 0 Å². The molecule has 0 unspecified atom stereocenters. The van der Waals surface area contributed by atoms with Gasteiger partial charge in [0.15, 0.2) is 0 Å². The van der Waals surface area contributed by atoms with Crippen molar-refractivity contribution in [3.63, 3.8) is 0 Å². The molecule has 0 fully saturated rings. The Hall–Kier alpha value is -0.480. The first-order valence-corrected chi connectivity index (χ1v) is 6.59. The number of rotatable bonds is 7. The van der Waals surface area contributed by atoms with Crippen LogP contribution in [-0.4, -0.2) is 41.4 Å². The van der Waals surface area contributed by atoms with Crippen LogP contribution in [-0.2, 0) is 4.79 Å². The average Bonchev–Trinajstić information content (AvgIpc) is 2.21. The minimum absolute atomic E-state index is 0.0268. The zero-order valence-electron chi connectivity index (χ0n) is 9.90. The maximum Gasteiger partial charge on any atom is 0.240 e. The Morgan fingerprint density at radius 1 is 1.60 bits per heavy atom. The molecule has 0 saturated carbocycles. The highest BCUT2D eigenvalue weighted by molar-refractivity contribution is 7.98. The standard InChI is InChI=1S/C11H22N2OS/c1-5-7-13(9(2)3)11(14)10(12)6-8-15-4/h5,9-10H,1,6-8,12H2,2-4H3/t10-/m1/s1. The number of amides is 1. The van der Waals surface area contributed by atoms with E-state index in [2.05, 4.69) is 6.58 Å². The van der Waals surface area contributed by atoms with Gasteiger partial charge in [-0.2, -0.15) is 11.8 Å². The fourth-order valence-electron chi connectivity index (χ4n) is 1.28. The van der Waals surface area contributed by atoms with Crippen LogP contribution < -0.4 is 5.73 Å². The molecule has 0 radical (unpaired) electrons. The molecule has 0 aromatic rings. The van der Waals surface area contributed by atoms with Crippen LogP contribution >= 0.6 is 11.8 Å². The molecule has 0 aromatic heterocycles. The van der Waals surface area contributed by atoms with Crippen molar-refractivity contribution >= 4 is 17.7 Å². The third-order valence-corrected chi connectivity index (χ3v) is 2.83. The lowest BCUT2D eigenvalue weighted by molar-refractivity contribution is -0.133. The van der Waals surface area contributed by atoms with Crippen LogP contribution in [0.5, 0.6) is 0 Å². The number of carbonyl (C=O) groups is 1. The first-order valence-electron chi connectivity index (χ1n) is 5.20. The van der Waals surface area contributed by atoms with Crippen LogP contribution in [0, 0.1) is 0 Å². The van der Waals surface area contributed by atoms with Gasteiger partial charge in [-0.1, -0.05) is 6.08 Å². The number of carbonyl (C=O) groups excluding carboxylic acids is 1. The van der Waals surface area contributed by atoms with E-state index in [0.717, 1.165) is 12.2 Å². The van der Waals surface area contributed by atoms with E-state index in [9.17, 15) is 4.79 Å². The SMILES string of the molecule is C=CCN(C(=O)[C@H](N)CCSC)C(C)C. The highest BCUT2D eigenvalue weighted by atomic mass is 32.2. The molecule has 0 heterocycles. The maximum absolute atomic E-state index is 11.9. The van der Waals surface area contributed by atoms with Gasteiger partial charge in [-0.05, 0) is 32.3 Å². The lowest BCUT2D eigenvalue weighted by Crippen LogP contribution is -2.47. The lowest BCUT2D eigenvalue weighted by Gasteiger charge is -2.28. The predicted octanol–water partition coefficient (Wildman–Crippen LogP) is 1.49. The summed E-state index contributed by atoms with van der Waals surface area (Å²) in [6, 6.07) is -0.198. The largest absolute Gasteiger partial charge is 0.335 e. The Morgan fingerprint density at radius 2 is 2.20 bits per heavy atom. The van der Waals surface area contributed by atoms with Crippen molar-refractivity contribution < 1.29 is 4.79 Å². The van der Waals surface area contributed by atoms with Gasteiger partial charge >= 0.3 is 0 Å². The Kier molecular flexibility index (Phi) is 7.52. The van der Waals surface area contributed by atoms with Crippen molar-refractivity contribution in [2.75, 3.05) is 18.6 Å².